The normalized spacial score (nSPS) is 25.8. The number of halogens is 1. The van der Waals surface area contributed by atoms with E-state index in [0.29, 0.717) is 35.1 Å². The number of ether oxygens (including phenoxy) is 1. The quantitative estimate of drug-likeness (QED) is 0.498. The van der Waals surface area contributed by atoms with Gasteiger partial charge in [0.1, 0.15) is 5.02 Å². The highest BCUT2D eigenvalue weighted by molar-refractivity contribution is 7.91. The number of aryl methyl sites for hydroxylation is 1. The Labute approximate surface area is 225 Å². The summed E-state index contributed by atoms with van der Waals surface area (Å²) in [6.45, 7) is 0.513. The molecule has 3 aliphatic heterocycles. The number of sulfone groups is 1. The van der Waals surface area contributed by atoms with Crippen molar-refractivity contribution >= 4 is 55.5 Å². The molecule has 3 fully saturated rings. The number of hydrogen-bond donors (Lipinski definition) is 2. The molecule has 3 atom stereocenters. The average molecular weight is 557 g/mol. The summed E-state index contributed by atoms with van der Waals surface area (Å²) in [6, 6.07) is 5.83. The standard InChI is InChI=1S/C26H29ClN6O4S/c1-32-21-7-4-15(10-18(21)22-23(25(32)34)37-9-8-20(30-22)14-2-3-14)29-24-19(27)11-28-26(31-24)33-16-5-6-17(33)13-38(35,36)12-16/h4,7,10-11,14,16-17,20,30H,2-3,5-6,8-9,12-13H2,1H3,(H,28,29,31)/t16?,17?,20-/m1/s1. The lowest BCUT2D eigenvalue weighted by molar-refractivity contribution is 0.303. The maximum absolute atomic E-state index is 13.1. The molecule has 0 spiro atoms. The predicted octanol–water partition coefficient (Wildman–Crippen LogP) is 3.46. The van der Waals surface area contributed by atoms with E-state index in [1.54, 1.807) is 17.8 Å². The first-order chi connectivity index (χ1) is 18.3. The van der Waals surface area contributed by atoms with Crippen LogP contribution in [0.15, 0.2) is 29.2 Å². The predicted molar refractivity (Wildman–Crippen MR) is 148 cm³/mol. The topological polar surface area (TPSA) is 118 Å². The fourth-order valence-electron chi connectivity index (χ4n) is 6.25. The molecule has 7 rings (SSSR count). The smallest absolute Gasteiger partial charge is 0.295 e. The molecule has 1 aliphatic carbocycles. The number of fused-ring (bicyclic) bond motifs is 5. The summed E-state index contributed by atoms with van der Waals surface area (Å²) in [5, 5.41) is 8.21. The van der Waals surface area contributed by atoms with Gasteiger partial charge in [0.2, 0.25) is 11.7 Å². The van der Waals surface area contributed by atoms with Crippen LogP contribution in [0, 0.1) is 5.92 Å². The molecule has 2 saturated heterocycles. The molecule has 38 heavy (non-hydrogen) atoms. The summed E-state index contributed by atoms with van der Waals surface area (Å²) >= 11 is 6.50. The molecule has 1 aromatic carbocycles. The maximum Gasteiger partial charge on any atom is 0.295 e. The second-order valence-corrected chi connectivity index (χ2v) is 13.4. The molecule has 2 unspecified atom stereocenters. The number of hydrogen-bond acceptors (Lipinski definition) is 9. The number of nitrogens with one attached hydrogen (secondary N) is 2. The van der Waals surface area contributed by atoms with Crippen LogP contribution >= 0.6 is 11.6 Å². The van der Waals surface area contributed by atoms with Crippen LogP contribution in [-0.4, -0.2) is 59.2 Å². The van der Waals surface area contributed by atoms with E-state index in [-0.39, 0.29) is 35.2 Å². The van der Waals surface area contributed by atoms with Crippen molar-refractivity contribution in [3.05, 3.63) is 39.8 Å². The maximum atomic E-state index is 13.1. The molecule has 0 amide bonds. The van der Waals surface area contributed by atoms with Crippen LogP contribution in [0.2, 0.25) is 5.02 Å². The van der Waals surface area contributed by atoms with Gasteiger partial charge in [-0.25, -0.2) is 13.4 Å². The van der Waals surface area contributed by atoms with E-state index in [1.807, 2.05) is 23.1 Å². The highest BCUT2D eigenvalue weighted by Gasteiger charge is 2.44. The van der Waals surface area contributed by atoms with E-state index >= 15 is 0 Å². The minimum absolute atomic E-state index is 0.115. The van der Waals surface area contributed by atoms with Crippen molar-refractivity contribution in [3.8, 4) is 5.75 Å². The largest absolute Gasteiger partial charge is 0.486 e. The Bertz CT molecular complexity index is 1600. The van der Waals surface area contributed by atoms with Crippen LogP contribution < -0.4 is 25.8 Å². The lowest BCUT2D eigenvalue weighted by Crippen LogP contribution is -2.49. The fourth-order valence-corrected chi connectivity index (χ4v) is 8.35. The molecule has 1 saturated carbocycles. The molecule has 4 aliphatic rings. The number of benzene rings is 1. The van der Waals surface area contributed by atoms with Crippen LogP contribution in [-0.2, 0) is 16.9 Å². The van der Waals surface area contributed by atoms with Gasteiger partial charge in [0.25, 0.3) is 5.56 Å². The number of anilines is 4. The third kappa shape index (κ3) is 4.07. The van der Waals surface area contributed by atoms with E-state index in [2.05, 4.69) is 15.6 Å². The van der Waals surface area contributed by atoms with E-state index in [1.165, 1.54) is 12.8 Å². The third-order valence-electron chi connectivity index (χ3n) is 8.29. The number of aromatic nitrogens is 3. The third-order valence-corrected chi connectivity index (χ3v) is 10.3. The summed E-state index contributed by atoms with van der Waals surface area (Å²) in [5.74, 6) is 2.16. The molecule has 2 bridgehead atoms. The van der Waals surface area contributed by atoms with Crippen molar-refractivity contribution in [1.82, 2.24) is 14.5 Å². The van der Waals surface area contributed by atoms with Gasteiger partial charge in [-0.2, -0.15) is 4.98 Å². The van der Waals surface area contributed by atoms with Gasteiger partial charge in [-0.1, -0.05) is 11.6 Å². The van der Waals surface area contributed by atoms with Crippen LogP contribution in [0.5, 0.6) is 5.75 Å². The molecule has 5 heterocycles. The molecule has 10 nitrogen and oxygen atoms in total. The SMILES string of the molecule is Cn1c(=O)c2c(c3cc(Nc4nc(N5C6CCC5CS(=O)(=O)C6)ncc4Cl)ccc31)N[C@@H](C1CC1)CCO2. The first kappa shape index (κ1) is 24.0. The molecule has 2 aromatic heterocycles. The van der Waals surface area contributed by atoms with Gasteiger partial charge >= 0.3 is 0 Å². The molecule has 0 radical (unpaired) electrons. The Morgan fingerprint density at radius 2 is 1.89 bits per heavy atom. The van der Waals surface area contributed by atoms with Crippen molar-refractivity contribution in [2.45, 2.75) is 50.2 Å². The molecule has 12 heteroatoms. The first-order valence-corrected chi connectivity index (χ1v) is 15.3. The van der Waals surface area contributed by atoms with Gasteiger partial charge in [-0.15, -0.1) is 0 Å². The Morgan fingerprint density at radius 1 is 1.13 bits per heavy atom. The van der Waals surface area contributed by atoms with Gasteiger partial charge in [-0.05, 0) is 49.8 Å². The van der Waals surface area contributed by atoms with Crippen LogP contribution in [0.3, 0.4) is 0 Å². The van der Waals surface area contributed by atoms with Crippen molar-refractivity contribution in [2.75, 3.05) is 33.6 Å². The summed E-state index contributed by atoms with van der Waals surface area (Å²) in [4.78, 5) is 24.3. The summed E-state index contributed by atoms with van der Waals surface area (Å²) in [5.41, 5.74) is 2.14. The Hall–Kier alpha value is -3.05. The van der Waals surface area contributed by atoms with Crippen molar-refractivity contribution in [2.24, 2.45) is 13.0 Å². The average Bonchev–Trinajstić information content (AvgIpc) is 3.70. The van der Waals surface area contributed by atoms with Gasteiger partial charge in [0, 0.05) is 42.7 Å². The second kappa shape index (κ2) is 8.74. The Balaban J connectivity index is 1.25. The zero-order chi connectivity index (χ0) is 26.2. The zero-order valence-corrected chi connectivity index (χ0v) is 22.6. The summed E-state index contributed by atoms with van der Waals surface area (Å²) < 4.78 is 32.1. The number of pyridine rings is 1. The highest BCUT2D eigenvalue weighted by atomic mass is 35.5. The minimum atomic E-state index is -3.05. The van der Waals surface area contributed by atoms with E-state index in [0.717, 1.165) is 41.5 Å². The molecular weight excluding hydrogens is 528 g/mol. The Morgan fingerprint density at radius 3 is 2.63 bits per heavy atom. The fraction of sp³-hybridized carbons (Fsp3) is 0.500. The van der Waals surface area contributed by atoms with Gasteiger partial charge in [0.15, 0.2) is 15.7 Å². The highest BCUT2D eigenvalue weighted by Crippen LogP contribution is 2.41. The second-order valence-electron chi connectivity index (χ2n) is 10.9. The Kier molecular flexibility index (Phi) is 5.52. The van der Waals surface area contributed by atoms with Gasteiger partial charge in [-0.3, -0.25) is 4.79 Å². The van der Waals surface area contributed by atoms with Gasteiger partial charge < -0.3 is 24.8 Å². The van der Waals surface area contributed by atoms with Crippen molar-refractivity contribution in [3.63, 3.8) is 0 Å². The molecule has 3 aromatic rings. The zero-order valence-electron chi connectivity index (χ0n) is 21.0. The van der Waals surface area contributed by atoms with Crippen LogP contribution in [0.25, 0.3) is 10.9 Å². The van der Waals surface area contributed by atoms with E-state index in [9.17, 15) is 13.2 Å². The van der Waals surface area contributed by atoms with Crippen LogP contribution in [0.1, 0.15) is 32.1 Å². The van der Waals surface area contributed by atoms with Gasteiger partial charge in [0.05, 0.1) is 35.5 Å². The lowest BCUT2D eigenvalue weighted by Gasteiger charge is -2.34. The summed E-state index contributed by atoms with van der Waals surface area (Å²) in [7, 11) is -1.29. The number of rotatable bonds is 4. The van der Waals surface area contributed by atoms with E-state index < -0.39 is 9.84 Å². The molecule has 2 N–H and O–H groups in total. The number of nitrogens with zero attached hydrogens (tertiary/aromatic N) is 4. The summed E-state index contributed by atoms with van der Waals surface area (Å²) in [6.07, 6.45) is 6.43. The lowest BCUT2D eigenvalue weighted by atomic mass is 10.1. The van der Waals surface area contributed by atoms with Crippen molar-refractivity contribution < 1.29 is 13.2 Å². The monoisotopic (exact) mass is 556 g/mol. The molecular formula is C26H29ClN6O4S. The molecule has 200 valence electrons. The first-order valence-electron chi connectivity index (χ1n) is 13.1. The minimum Gasteiger partial charge on any atom is -0.486 e. The van der Waals surface area contributed by atoms with E-state index in [4.69, 9.17) is 21.3 Å². The van der Waals surface area contributed by atoms with Crippen molar-refractivity contribution in [1.29, 1.82) is 0 Å². The van der Waals surface area contributed by atoms with Crippen LogP contribution in [0.4, 0.5) is 23.1 Å².